The number of hydrogen-bond acceptors (Lipinski definition) is 8. The Kier molecular flexibility index (Phi) is 8.73. The summed E-state index contributed by atoms with van der Waals surface area (Å²) >= 11 is 6.61. The second-order valence-corrected chi connectivity index (χ2v) is 10.2. The van der Waals surface area contributed by atoms with E-state index >= 15 is 0 Å². The molecule has 15 heteroatoms. The lowest BCUT2D eigenvalue weighted by Gasteiger charge is -2.19. The van der Waals surface area contributed by atoms with E-state index < -0.39 is 6.36 Å². The van der Waals surface area contributed by atoms with Gasteiger partial charge in [0, 0.05) is 5.56 Å². The van der Waals surface area contributed by atoms with E-state index in [1.54, 1.807) is 49.7 Å². The van der Waals surface area contributed by atoms with E-state index in [4.69, 9.17) is 17.0 Å². The smallest absolute Gasteiger partial charge is 0.497 e. The summed E-state index contributed by atoms with van der Waals surface area (Å²) in [6.45, 7) is 1.89. The second-order valence-electron chi connectivity index (χ2n) is 8.92. The number of methoxy groups -OCH3 is 1. The third-order valence-corrected chi connectivity index (χ3v) is 7.08. The molecule has 0 aliphatic carbocycles. The Morgan fingerprint density at radius 1 is 1.09 bits per heavy atom. The molecule has 2 heterocycles. The van der Waals surface area contributed by atoms with Crippen molar-refractivity contribution in [3.8, 4) is 28.6 Å². The lowest BCUT2D eigenvalue weighted by Crippen LogP contribution is -2.31. The molecule has 1 aliphatic heterocycles. The number of amides is 1. The molecule has 43 heavy (non-hydrogen) atoms. The van der Waals surface area contributed by atoms with Gasteiger partial charge in [0.15, 0.2) is 11.0 Å². The summed E-state index contributed by atoms with van der Waals surface area (Å²) in [5.74, 6) is 0.940. The van der Waals surface area contributed by atoms with E-state index in [9.17, 15) is 18.0 Å². The summed E-state index contributed by atoms with van der Waals surface area (Å²) in [7, 11) is 1.58. The van der Waals surface area contributed by atoms with Gasteiger partial charge in [-0.1, -0.05) is 36.0 Å². The van der Waals surface area contributed by atoms with Gasteiger partial charge in [0.2, 0.25) is 11.0 Å². The minimum absolute atomic E-state index is 0.0916. The number of anilines is 1. The number of carbonyl (C=O) groups is 1. The van der Waals surface area contributed by atoms with Crippen molar-refractivity contribution in [3.63, 3.8) is 0 Å². The number of thioether (sulfide) groups is 1. The lowest BCUT2D eigenvalue weighted by atomic mass is 10.1. The molecule has 0 atom stereocenters. The molecule has 0 saturated carbocycles. The number of nitrogens with zero attached hydrogens (tertiary/aromatic N) is 6. The normalized spacial score (nSPS) is 14.5. The van der Waals surface area contributed by atoms with Gasteiger partial charge in [-0.2, -0.15) is 10.1 Å². The van der Waals surface area contributed by atoms with Crippen LogP contribution in [0.3, 0.4) is 0 Å². The van der Waals surface area contributed by atoms with Gasteiger partial charge in [0.25, 0.3) is 0 Å². The van der Waals surface area contributed by atoms with Crippen LogP contribution in [0.2, 0.25) is 0 Å². The van der Waals surface area contributed by atoms with Crippen LogP contribution in [0.5, 0.6) is 11.5 Å². The van der Waals surface area contributed by atoms with Crippen LogP contribution in [-0.2, 0) is 4.79 Å². The summed E-state index contributed by atoms with van der Waals surface area (Å²) in [5, 5.41) is 9.09. The van der Waals surface area contributed by atoms with Crippen LogP contribution in [0.15, 0.2) is 83.2 Å². The first-order valence-electron chi connectivity index (χ1n) is 12.5. The molecule has 0 spiro atoms. The number of halogens is 3. The Balaban J connectivity index is 1.20. The minimum atomic E-state index is -4.76. The summed E-state index contributed by atoms with van der Waals surface area (Å²) in [5.41, 5.74) is 6.26. The molecule has 5 rings (SSSR count). The van der Waals surface area contributed by atoms with Crippen molar-refractivity contribution in [2.24, 2.45) is 10.1 Å². The van der Waals surface area contributed by atoms with Crippen LogP contribution in [0.25, 0.3) is 17.1 Å². The first-order valence-corrected chi connectivity index (χ1v) is 13.9. The fraction of sp³-hybridized carbons (Fsp3) is 0.143. The fourth-order valence-corrected chi connectivity index (χ4v) is 5.06. The number of hydrazone groups is 1. The number of alkyl halides is 3. The lowest BCUT2D eigenvalue weighted by molar-refractivity contribution is -0.274. The maximum absolute atomic E-state index is 12.6. The van der Waals surface area contributed by atoms with Crippen molar-refractivity contribution in [1.29, 1.82) is 0 Å². The van der Waals surface area contributed by atoms with Gasteiger partial charge in [-0.25, -0.2) is 9.67 Å². The van der Waals surface area contributed by atoms with Gasteiger partial charge in [0.1, 0.15) is 17.8 Å². The zero-order chi connectivity index (χ0) is 30.6. The molecule has 0 bridgehead atoms. The van der Waals surface area contributed by atoms with Crippen LogP contribution in [0.4, 0.5) is 18.9 Å². The molecule has 1 fully saturated rings. The van der Waals surface area contributed by atoms with Crippen molar-refractivity contribution in [1.82, 2.24) is 20.2 Å². The highest BCUT2D eigenvalue weighted by Crippen LogP contribution is 2.31. The van der Waals surface area contributed by atoms with Crippen molar-refractivity contribution < 1.29 is 27.4 Å². The maximum Gasteiger partial charge on any atom is 0.573 e. The van der Waals surface area contributed by atoms with E-state index in [-0.39, 0.29) is 22.5 Å². The van der Waals surface area contributed by atoms with E-state index in [2.05, 4.69) is 30.3 Å². The number of amidine groups is 1. The molecule has 10 nitrogen and oxygen atoms in total. The van der Waals surface area contributed by atoms with E-state index in [1.807, 2.05) is 13.0 Å². The number of hydrogen-bond donors (Lipinski definition) is 1. The predicted octanol–water partition coefficient (Wildman–Crippen LogP) is 5.49. The van der Waals surface area contributed by atoms with Crippen molar-refractivity contribution in [3.05, 3.63) is 84.2 Å². The SMILES string of the molecule is COc1ccc(N2C(=O)CS/C2=N\C(=S)N/N=C/c2ccc(-c3ncn(-c4ccc(OC(F)(F)F)cc4)n3)cc2)c(C)c1. The Labute approximate surface area is 253 Å². The Hall–Kier alpha value is -4.76. The summed E-state index contributed by atoms with van der Waals surface area (Å²) in [6, 6.07) is 17.9. The van der Waals surface area contributed by atoms with Gasteiger partial charge in [-0.3, -0.25) is 15.1 Å². The first-order chi connectivity index (χ1) is 20.6. The van der Waals surface area contributed by atoms with E-state index in [0.29, 0.717) is 28.1 Å². The number of benzene rings is 3. The van der Waals surface area contributed by atoms with Crippen LogP contribution >= 0.6 is 24.0 Å². The van der Waals surface area contributed by atoms with Crippen LogP contribution in [0.1, 0.15) is 11.1 Å². The van der Waals surface area contributed by atoms with Gasteiger partial charge < -0.3 is 9.47 Å². The Bertz CT molecular complexity index is 1710. The number of thiocarbonyl (C=S) groups is 1. The average molecular weight is 626 g/mol. The second kappa shape index (κ2) is 12.6. The fourth-order valence-electron chi connectivity index (χ4n) is 4.00. The summed E-state index contributed by atoms with van der Waals surface area (Å²) in [6.07, 6.45) is -1.74. The van der Waals surface area contributed by atoms with Gasteiger partial charge >= 0.3 is 6.36 Å². The van der Waals surface area contributed by atoms with Crippen molar-refractivity contribution >= 4 is 52.1 Å². The molecule has 4 aromatic rings. The molecular weight excluding hydrogens is 603 g/mol. The zero-order valence-electron chi connectivity index (χ0n) is 22.6. The number of aromatic nitrogens is 3. The third kappa shape index (κ3) is 7.37. The molecule has 1 amide bonds. The summed E-state index contributed by atoms with van der Waals surface area (Å²) in [4.78, 5) is 22.8. The monoisotopic (exact) mass is 625 g/mol. The number of aliphatic imine (C=N–C) groups is 1. The molecule has 1 N–H and O–H groups in total. The molecule has 1 aliphatic rings. The molecule has 1 saturated heterocycles. The maximum atomic E-state index is 12.6. The standard InChI is InChI=1S/C28H22F3N7O3S2/c1-17-13-22(40-2)11-12-23(17)38-24(39)15-43-27(38)34-26(42)35-33-14-18-3-5-19(6-4-18)25-32-16-37(36-25)20-7-9-21(10-8-20)41-28(29,30)31/h3-14,16H,15H2,1-2H3,(H,35,42)/b33-14+,34-27-. The number of aryl methyl sites for hydroxylation is 1. The Morgan fingerprint density at radius 2 is 1.81 bits per heavy atom. The van der Waals surface area contributed by atoms with E-state index in [1.165, 1.54) is 51.9 Å². The zero-order valence-corrected chi connectivity index (χ0v) is 24.2. The van der Waals surface area contributed by atoms with Crippen LogP contribution in [-0.4, -0.2) is 56.4 Å². The molecule has 3 aromatic carbocycles. The number of rotatable bonds is 7. The van der Waals surface area contributed by atoms with Gasteiger partial charge in [0.05, 0.1) is 30.5 Å². The topological polar surface area (TPSA) is 106 Å². The Morgan fingerprint density at radius 3 is 2.49 bits per heavy atom. The predicted molar refractivity (Wildman–Crippen MR) is 162 cm³/mol. The van der Waals surface area contributed by atoms with Crippen LogP contribution in [0, 0.1) is 6.92 Å². The quantitative estimate of drug-likeness (QED) is 0.163. The van der Waals surface area contributed by atoms with Crippen molar-refractivity contribution in [2.75, 3.05) is 17.8 Å². The molecule has 0 unspecified atom stereocenters. The molecular formula is C28H22F3N7O3S2. The molecule has 220 valence electrons. The van der Waals surface area contributed by atoms with Crippen LogP contribution < -0.4 is 19.8 Å². The van der Waals surface area contributed by atoms with E-state index in [0.717, 1.165) is 16.7 Å². The third-order valence-electron chi connectivity index (χ3n) is 5.98. The number of nitrogens with one attached hydrogen (secondary N) is 1. The summed E-state index contributed by atoms with van der Waals surface area (Å²) < 4.78 is 47.7. The highest BCUT2D eigenvalue weighted by molar-refractivity contribution is 8.15. The largest absolute Gasteiger partial charge is 0.573 e. The average Bonchev–Trinajstić information content (AvgIpc) is 3.60. The minimum Gasteiger partial charge on any atom is -0.497 e. The first kappa shape index (κ1) is 29.7. The number of carbonyl (C=O) groups excluding carboxylic acids is 1. The molecule has 1 aromatic heterocycles. The van der Waals surface area contributed by atoms with Crippen molar-refractivity contribution in [2.45, 2.75) is 13.3 Å². The highest BCUT2D eigenvalue weighted by Gasteiger charge is 2.32. The number of ether oxygens (including phenoxy) is 2. The molecule has 0 radical (unpaired) electrons. The highest BCUT2D eigenvalue weighted by atomic mass is 32.2. The van der Waals surface area contributed by atoms with Gasteiger partial charge in [-0.05, 0) is 72.7 Å². The van der Waals surface area contributed by atoms with Gasteiger partial charge in [-0.15, -0.1) is 18.3 Å².